The van der Waals surface area contributed by atoms with E-state index in [4.69, 9.17) is 14.6 Å². The molecule has 4 aromatic rings. The number of hydrogen-bond donors (Lipinski definition) is 4. The Kier molecular flexibility index (Phi) is 8.20. The number of carbonyl (C=O) groups excluding carboxylic acids is 1. The average molecular weight is 543 g/mol. The van der Waals surface area contributed by atoms with Gasteiger partial charge in [-0.05, 0) is 42.8 Å². The maximum absolute atomic E-state index is 12.7. The number of amides is 1. The number of benzene rings is 3. The molecule has 1 aliphatic heterocycles. The van der Waals surface area contributed by atoms with Gasteiger partial charge >= 0.3 is 5.97 Å². The lowest BCUT2D eigenvalue weighted by molar-refractivity contribution is -0.00179. The highest BCUT2D eigenvalue weighted by molar-refractivity contribution is 6.22. The van der Waals surface area contributed by atoms with Gasteiger partial charge in [-0.1, -0.05) is 36.4 Å². The molecule has 0 radical (unpaired) electrons. The van der Waals surface area contributed by atoms with Gasteiger partial charge in [-0.15, -0.1) is 0 Å². The summed E-state index contributed by atoms with van der Waals surface area (Å²) in [4.78, 5) is 39.5. The van der Waals surface area contributed by atoms with Crippen LogP contribution in [0.5, 0.6) is 5.88 Å². The van der Waals surface area contributed by atoms with Crippen LogP contribution in [0.4, 0.5) is 5.69 Å². The van der Waals surface area contributed by atoms with E-state index in [0.717, 1.165) is 18.7 Å². The highest BCUT2D eigenvalue weighted by Gasteiger charge is 2.20. The first-order valence-electron chi connectivity index (χ1n) is 13.0. The van der Waals surface area contributed by atoms with E-state index in [1.807, 2.05) is 37.3 Å². The Labute approximate surface area is 230 Å². The van der Waals surface area contributed by atoms with E-state index in [1.165, 1.54) is 12.1 Å². The molecule has 3 aromatic carbocycles. The fraction of sp³-hybridized carbons (Fsp3) is 0.233. The third-order valence-electron chi connectivity index (χ3n) is 6.78. The predicted molar refractivity (Wildman–Crippen MR) is 151 cm³/mol. The van der Waals surface area contributed by atoms with Crippen LogP contribution in [0.3, 0.4) is 0 Å². The van der Waals surface area contributed by atoms with Gasteiger partial charge < -0.3 is 19.9 Å². The van der Waals surface area contributed by atoms with Crippen LogP contribution in [0.15, 0.2) is 71.7 Å². The summed E-state index contributed by atoms with van der Waals surface area (Å²) in [6.07, 6.45) is 0. The second-order valence-corrected chi connectivity index (χ2v) is 9.47. The molecule has 0 bridgehead atoms. The predicted octanol–water partition coefficient (Wildman–Crippen LogP) is 4.04. The summed E-state index contributed by atoms with van der Waals surface area (Å²) in [5.74, 6) is -1.53. The number of nitrogens with one attached hydrogen (secondary N) is 2. The number of aliphatic imine (C=N–C) groups is 1. The Morgan fingerprint density at radius 2 is 1.82 bits per heavy atom. The first-order valence-corrected chi connectivity index (χ1v) is 13.0. The van der Waals surface area contributed by atoms with Crippen molar-refractivity contribution in [3.05, 3.63) is 94.5 Å². The van der Waals surface area contributed by atoms with Gasteiger partial charge in [-0.25, -0.2) is 15.3 Å². The second kappa shape index (κ2) is 12.1. The molecule has 10 nitrogen and oxygen atoms in total. The first kappa shape index (κ1) is 27.1. The van der Waals surface area contributed by atoms with E-state index in [2.05, 4.69) is 15.4 Å². The van der Waals surface area contributed by atoms with Gasteiger partial charge in [0.2, 0.25) is 0 Å². The third kappa shape index (κ3) is 6.04. The molecule has 1 amide bonds. The van der Waals surface area contributed by atoms with Crippen LogP contribution < -0.4 is 5.48 Å². The number of ether oxygens (including phenoxy) is 1. The van der Waals surface area contributed by atoms with Crippen LogP contribution in [0.25, 0.3) is 10.9 Å². The molecule has 1 aromatic heterocycles. The summed E-state index contributed by atoms with van der Waals surface area (Å²) in [5.41, 5.74) is 6.55. The first-order chi connectivity index (χ1) is 19.4. The molecule has 4 N–H and O–H groups in total. The monoisotopic (exact) mass is 542 g/mol. The second-order valence-electron chi connectivity index (χ2n) is 9.47. The van der Waals surface area contributed by atoms with Crippen molar-refractivity contribution < 1.29 is 29.4 Å². The van der Waals surface area contributed by atoms with Crippen molar-refractivity contribution in [2.75, 3.05) is 39.5 Å². The number of hydrogen-bond acceptors (Lipinski definition) is 7. The molecule has 1 saturated heterocycles. The maximum Gasteiger partial charge on any atom is 0.335 e. The lowest BCUT2D eigenvalue weighted by atomic mass is 10.00. The van der Waals surface area contributed by atoms with Gasteiger partial charge in [0.05, 0.1) is 42.3 Å². The van der Waals surface area contributed by atoms with Gasteiger partial charge in [-0.3, -0.25) is 14.5 Å². The number of hydroxylamine groups is 1. The van der Waals surface area contributed by atoms with Crippen molar-refractivity contribution in [3.63, 3.8) is 0 Å². The van der Waals surface area contributed by atoms with Crippen LogP contribution in [0.2, 0.25) is 0 Å². The smallest absolute Gasteiger partial charge is 0.335 e. The maximum atomic E-state index is 12.7. The summed E-state index contributed by atoms with van der Waals surface area (Å²) >= 11 is 0. The number of carboxylic acids is 1. The Bertz CT molecular complexity index is 1560. The molecule has 2 heterocycles. The zero-order valence-electron chi connectivity index (χ0n) is 22.0. The molecule has 5 rings (SSSR count). The lowest BCUT2D eigenvalue weighted by Crippen LogP contribution is -2.39. The number of carboxylic acid groups (broad SMARTS) is 1. The molecule has 0 saturated carbocycles. The van der Waals surface area contributed by atoms with Gasteiger partial charge in [-0.2, -0.15) is 0 Å². The molecular formula is C30H30N4O6. The van der Waals surface area contributed by atoms with E-state index in [0.29, 0.717) is 65.4 Å². The molecule has 0 unspecified atom stereocenters. The molecule has 1 fully saturated rings. The quantitative estimate of drug-likeness (QED) is 0.142. The Morgan fingerprint density at radius 1 is 1.05 bits per heavy atom. The molecule has 0 atom stereocenters. The summed E-state index contributed by atoms with van der Waals surface area (Å²) in [7, 11) is 0. The third-order valence-corrected chi connectivity index (χ3v) is 6.78. The number of aryl methyl sites for hydroxylation is 1. The summed E-state index contributed by atoms with van der Waals surface area (Å²) in [6.45, 7) is 6.01. The molecule has 0 spiro atoms. The highest BCUT2D eigenvalue weighted by atomic mass is 16.7. The van der Waals surface area contributed by atoms with Crippen LogP contribution in [-0.2, 0) is 9.57 Å². The largest absolute Gasteiger partial charge is 0.494 e. The fourth-order valence-corrected chi connectivity index (χ4v) is 4.69. The van der Waals surface area contributed by atoms with Gasteiger partial charge in [0.25, 0.3) is 5.91 Å². The van der Waals surface area contributed by atoms with Crippen LogP contribution in [0, 0.1) is 6.92 Å². The number of H-pyrrole nitrogens is 1. The number of aromatic amines is 1. The number of nitrogens with zero attached hydrogens (tertiary/aromatic N) is 2. The Morgan fingerprint density at radius 3 is 2.55 bits per heavy atom. The standard InChI is InChI=1S/C30H30N4O6/c1-19-17-22(8-10-23(19)28(35)33-40-16-13-34-11-14-39-15-12-34)31-27(20-5-3-2-4-6-20)26-24-9-7-21(30(37)38)18-25(24)32-29(26)36/h2-10,17-18,32,36H,11-16H2,1H3,(H,33,35)(H,37,38). The van der Waals surface area contributed by atoms with E-state index >= 15 is 0 Å². The molecule has 1 aliphatic rings. The molecular weight excluding hydrogens is 512 g/mol. The molecule has 40 heavy (non-hydrogen) atoms. The Hall–Kier alpha value is -4.51. The molecule has 0 aliphatic carbocycles. The molecule has 206 valence electrons. The van der Waals surface area contributed by atoms with E-state index in [9.17, 15) is 19.8 Å². The molecule has 10 heteroatoms. The fourth-order valence-electron chi connectivity index (χ4n) is 4.69. The van der Waals surface area contributed by atoms with Gasteiger partial charge in [0, 0.05) is 41.7 Å². The van der Waals surface area contributed by atoms with Crippen LogP contribution in [-0.4, -0.2) is 77.1 Å². The summed E-state index contributed by atoms with van der Waals surface area (Å²) in [5, 5.41) is 20.9. The van der Waals surface area contributed by atoms with Crippen LogP contribution >= 0.6 is 0 Å². The minimum atomic E-state index is -1.06. The average Bonchev–Trinajstić information content (AvgIpc) is 3.29. The van der Waals surface area contributed by atoms with Crippen molar-refractivity contribution in [3.8, 4) is 5.88 Å². The zero-order chi connectivity index (χ0) is 28.1. The summed E-state index contributed by atoms with van der Waals surface area (Å²) in [6, 6.07) is 19.2. The number of rotatable bonds is 9. The van der Waals surface area contributed by atoms with Gasteiger partial charge in [0.1, 0.15) is 0 Å². The van der Waals surface area contributed by atoms with Crippen molar-refractivity contribution in [1.29, 1.82) is 0 Å². The van der Waals surface area contributed by atoms with Gasteiger partial charge in [0.15, 0.2) is 5.88 Å². The minimum absolute atomic E-state index is 0.105. The van der Waals surface area contributed by atoms with Crippen molar-refractivity contribution >= 4 is 34.2 Å². The zero-order valence-corrected chi connectivity index (χ0v) is 22.0. The topological polar surface area (TPSA) is 136 Å². The normalized spacial score (nSPS) is 14.4. The number of morpholine rings is 1. The van der Waals surface area contributed by atoms with E-state index in [-0.39, 0.29) is 17.4 Å². The van der Waals surface area contributed by atoms with Crippen molar-refractivity contribution in [2.45, 2.75) is 6.92 Å². The number of aromatic carboxylic acids is 1. The summed E-state index contributed by atoms with van der Waals surface area (Å²) < 4.78 is 5.34. The number of carbonyl (C=O) groups is 2. The number of aromatic hydroxyl groups is 1. The van der Waals surface area contributed by atoms with Crippen molar-refractivity contribution in [1.82, 2.24) is 15.4 Å². The van der Waals surface area contributed by atoms with E-state index < -0.39 is 5.97 Å². The van der Waals surface area contributed by atoms with Crippen molar-refractivity contribution in [2.24, 2.45) is 4.99 Å². The van der Waals surface area contributed by atoms with Crippen LogP contribution in [0.1, 0.15) is 37.4 Å². The number of aromatic nitrogens is 1. The Balaban J connectivity index is 1.40. The van der Waals surface area contributed by atoms with E-state index in [1.54, 1.807) is 24.3 Å². The lowest BCUT2D eigenvalue weighted by Gasteiger charge is -2.26. The highest BCUT2D eigenvalue weighted by Crippen LogP contribution is 2.32. The minimum Gasteiger partial charge on any atom is -0.494 e. The SMILES string of the molecule is Cc1cc(N=C(c2ccccc2)c2c(O)[nH]c3cc(C(=O)O)ccc23)ccc1C(=O)NOCCN1CCOCC1. The number of fused-ring (bicyclic) bond motifs is 1.